The molecular weight excluding hydrogens is 236 g/mol. The summed E-state index contributed by atoms with van der Waals surface area (Å²) in [5.74, 6) is 0.750. The Balaban J connectivity index is 1.92. The molecule has 0 aromatic heterocycles. The molecule has 1 saturated carbocycles. The highest BCUT2D eigenvalue weighted by Crippen LogP contribution is 2.18. The van der Waals surface area contributed by atoms with Crippen LogP contribution in [0.2, 0.25) is 0 Å². The predicted molar refractivity (Wildman–Crippen MR) is 82.6 cm³/mol. The van der Waals surface area contributed by atoms with Crippen molar-refractivity contribution in [1.29, 1.82) is 0 Å². The maximum Gasteiger partial charge on any atom is 0.0589 e. The van der Waals surface area contributed by atoms with E-state index in [1.807, 2.05) is 0 Å². The van der Waals surface area contributed by atoms with Crippen LogP contribution in [0.15, 0.2) is 0 Å². The fourth-order valence-electron chi connectivity index (χ4n) is 2.44. The van der Waals surface area contributed by atoms with Gasteiger partial charge in [-0.05, 0) is 44.7 Å². The van der Waals surface area contributed by atoms with Crippen molar-refractivity contribution < 1.29 is 4.74 Å². The van der Waals surface area contributed by atoms with Gasteiger partial charge in [-0.25, -0.2) is 0 Å². The Kier molecular flexibility index (Phi) is 9.48. The van der Waals surface area contributed by atoms with Crippen LogP contribution in [-0.2, 0) is 4.74 Å². The highest BCUT2D eigenvalue weighted by molar-refractivity contribution is 4.80. The molecule has 1 aliphatic rings. The first-order valence-electron chi connectivity index (χ1n) is 8.17. The Morgan fingerprint density at radius 1 is 1.11 bits per heavy atom. The van der Waals surface area contributed by atoms with E-state index in [1.165, 1.54) is 58.2 Å². The van der Waals surface area contributed by atoms with Gasteiger partial charge in [0.25, 0.3) is 0 Å². The molecule has 0 aromatic rings. The lowest BCUT2D eigenvalue weighted by atomic mass is 10.1. The Hall–Kier alpha value is -0.120. The Morgan fingerprint density at radius 2 is 1.84 bits per heavy atom. The number of rotatable bonds is 13. The third-order valence-electron chi connectivity index (χ3n) is 3.65. The van der Waals surface area contributed by atoms with Crippen molar-refractivity contribution in [2.75, 3.05) is 39.9 Å². The van der Waals surface area contributed by atoms with Crippen molar-refractivity contribution in [2.45, 2.75) is 58.4 Å². The molecule has 0 aliphatic heterocycles. The molecule has 0 aromatic carbocycles. The molecule has 0 unspecified atom stereocenters. The summed E-state index contributed by atoms with van der Waals surface area (Å²) < 4.78 is 5.19. The Labute approximate surface area is 120 Å². The van der Waals surface area contributed by atoms with E-state index in [4.69, 9.17) is 4.74 Å². The molecule has 0 radical (unpaired) electrons. The Morgan fingerprint density at radius 3 is 2.47 bits per heavy atom. The number of ether oxygens (including phenoxy) is 1. The second-order valence-electron chi connectivity index (χ2n) is 6.33. The summed E-state index contributed by atoms with van der Waals surface area (Å²) in [7, 11) is 1.79. The van der Waals surface area contributed by atoms with Crippen LogP contribution in [0.3, 0.4) is 0 Å². The summed E-state index contributed by atoms with van der Waals surface area (Å²) in [5, 5.41) is 3.58. The smallest absolute Gasteiger partial charge is 0.0589 e. The monoisotopic (exact) mass is 270 g/mol. The van der Waals surface area contributed by atoms with E-state index in [-0.39, 0.29) is 0 Å². The fourth-order valence-corrected chi connectivity index (χ4v) is 2.44. The van der Waals surface area contributed by atoms with Crippen LogP contribution in [0.25, 0.3) is 0 Å². The van der Waals surface area contributed by atoms with Gasteiger partial charge in [0.05, 0.1) is 6.61 Å². The van der Waals surface area contributed by atoms with Crippen molar-refractivity contribution in [3.8, 4) is 0 Å². The highest BCUT2D eigenvalue weighted by Gasteiger charge is 2.19. The molecule has 1 N–H and O–H groups in total. The lowest BCUT2D eigenvalue weighted by Crippen LogP contribution is -2.32. The van der Waals surface area contributed by atoms with Crippen LogP contribution in [0.1, 0.15) is 52.4 Å². The molecule has 0 heterocycles. The van der Waals surface area contributed by atoms with Crippen LogP contribution in [0.4, 0.5) is 0 Å². The average Bonchev–Trinajstić information content (AvgIpc) is 3.17. The zero-order valence-electron chi connectivity index (χ0n) is 13.3. The molecule has 0 saturated heterocycles. The van der Waals surface area contributed by atoms with E-state index >= 15 is 0 Å². The van der Waals surface area contributed by atoms with Crippen LogP contribution >= 0.6 is 0 Å². The minimum Gasteiger partial charge on any atom is -0.383 e. The topological polar surface area (TPSA) is 24.5 Å². The third-order valence-corrected chi connectivity index (χ3v) is 3.65. The first-order chi connectivity index (χ1) is 9.22. The van der Waals surface area contributed by atoms with E-state index in [9.17, 15) is 0 Å². The largest absolute Gasteiger partial charge is 0.383 e. The first-order valence-corrected chi connectivity index (χ1v) is 8.17. The van der Waals surface area contributed by atoms with Gasteiger partial charge < -0.3 is 15.0 Å². The van der Waals surface area contributed by atoms with E-state index in [0.29, 0.717) is 0 Å². The van der Waals surface area contributed by atoms with Crippen LogP contribution < -0.4 is 5.32 Å². The fraction of sp³-hybridized carbons (Fsp3) is 1.00. The summed E-state index contributed by atoms with van der Waals surface area (Å²) in [4.78, 5) is 2.55. The molecule has 0 bridgehead atoms. The minimum absolute atomic E-state index is 0.750. The highest BCUT2D eigenvalue weighted by atomic mass is 16.5. The molecule has 0 atom stereocenters. The number of nitrogens with one attached hydrogen (secondary N) is 1. The standard InChI is InChI=1S/C16H34N2O/c1-15(2)14-18(12-13-19-3)11-7-5-4-6-10-17-16-8-9-16/h15-17H,4-14H2,1-3H3. The van der Waals surface area contributed by atoms with Gasteiger partial charge in [-0.1, -0.05) is 26.7 Å². The van der Waals surface area contributed by atoms with Gasteiger partial charge in [0.15, 0.2) is 0 Å². The van der Waals surface area contributed by atoms with Crippen molar-refractivity contribution >= 4 is 0 Å². The maximum absolute atomic E-state index is 5.19. The Bertz CT molecular complexity index is 205. The maximum atomic E-state index is 5.19. The predicted octanol–water partition coefficient (Wildman–Crippen LogP) is 2.90. The van der Waals surface area contributed by atoms with Gasteiger partial charge >= 0.3 is 0 Å². The minimum atomic E-state index is 0.750. The normalized spacial score (nSPS) is 15.6. The van der Waals surface area contributed by atoms with Crippen LogP contribution in [0, 0.1) is 5.92 Å². The molecule has 114 valence electrons. The van der Waals surface area contributed by atoms with Crippen molar-refractivity contribution in [3.63, 3.8) is 0 Å². The summed E-state index contributed by atoms with van der Waals surface area (Å²) in [5.41, 5.74) is 0. The van der Waals surface area contributed by atoms with Gasteiger partial charge in [0.1, 0.15) is 0 Å². The third kappa shape index (κ3) is 10.3. The van der Waals surface area contributed by atoms with Crippen molar-refractivity contribution in [1.82, 2.24) is 10.2 Å². The van der Waals surface area contributed by atoms with Crippen molar-refractivity contribution in [2.24, 2.45) is 5.92 Å². The summed E-state index contributed by atoms with van der Waals surface area (Å²) in [6, 6.07) is 0.871. The molecular formula is C16H34N2O. The zero-order valence-corrected chi connectivity index (χ0v) is 13.3. The van der Waals surface area contributed by atoms with Gasteiger partial charge in [-0.3, -0.25) is 0 Å². The number of nitrogens with zero attached hydrogens (tertiary/aromatic N) is 1. The van der Waals surface area contributed by atoms with Crippen molar-refractivity contribution in [3.05, 3.63) is 0 Å². The molecule has 19 heavy (non-hydrogen) atoms. The SMILES string of the molecule is COCCN(CCCCCCNC1CC1)CC(C)C. The molecule has 1 rings (SSSR count). The molecule has 3 nitrogen and oxygen atoms in total. The summed E-state index contributed by atoms with van der Waals surface area (Å²) >= 11 is 0. The second kappa shape index (κ2) is 10.6. The van der Waals surface area contributed by atoms with Crippen LogP contribution in [0.5, 0.6) is 0 Å². The number of hydrogen-bond donors (Lipinski definition) is 1. The number of unbranched alkanes of at least 4 members (excludes halogenated alkanes) is 3. The number of hydrogen-bond acceptors (Lipinski definition) is 3. The van der Waals surface area contributed by atoms with E-state index in [2.05, 4.69) is 24.1 Å². The quantitative estimate of drug-likeness (QED) is 0.521. The first kappa shape index (κ1) is 16.9. The van der Waals surface area contributed by atoms with E-state index < -0.39 is 0 Å². The zero-order chi connectivity index (χ0) is 13.9. The van der Waals surface area contributed by atoms with Gasteiger partial charge in [-0.2, -0.15) is 0 Å². The lowest BCUT2D eigenvalue weighted by molar-refractivity contribution is 0.138. The summed E-state index contributed by atoms with van der Waals surface area (Å²) in [6.07, 6.45) is 8.24. The second-order valence-corrected chi connectivity index (χ2v) is 6.33. The van der Waals surface area contributed by atoms with Gasteiger partial charge in [-0.15, -0.1) is 0 Å². The van der Waals surface area contributed by atoms with E-state index in [1.54, 1.807) is 7.11 Å². The van der Waals surface area contributed by atoms with Gasteiger partial charge in [0.2, 0.25) is 0 Å². The summed E-state index contributed by atoms with van der Waals surface area (Å²) in [6.45, 7) is 10.2. The number of methoxy groups -OCH3 is 1. The van der Waals surface area contributed by atoms with Crippen LogP contribution in [-0.4, -0.2) is 50.8 Å². The molecule has 1 fully saturated rings. The molecule has 0 spiro atoms. The lowest BCUT2D eigenvalue weighted by Gasteiger charge is -2.23. The molecule has 0 amide bonds. The van der Waals surface area contributed by atoms with Gasteiger partial charge in [0, 0.05) is 26.2 Å². The van der Waals surface area contributed by atoms with E-state index in [0.717, 1.165) is 25.1 Å². The molecule has 1 aliphatic carbocycles. The molecule has 3 heteroatoms. The average molecular weight is 270 g/mol.